The summed E-state index contributed by atoms with van der Waals surface area (Å²) in [4.78, 5) is 47.3. The van der Waals surface area contributed by atoms with Gasteiger partial charge in [-0.05, 0) is 79.7 Å². The van der Waals surface area contributed by atoms with Crippen LogP contribution in [0.1, 0.15) is 42.9 Å². The molecule has 10 heteroatoms. The fourth-order valence-electron chi connectivity index (χ4n) is 7.08. The minimum Gasteiger partial charge on any atom is -0.465 e. The third-order valence-electron chi connectivity index (χ3n) is 10.1. The monoisotopic (exact) mass is 681 g/mol. The van der Waals surface area contributed by atoms with Gasteiger partial charge in [0.05, 0.1) is 0 Å². The second-order valence-corrected chi connectivity index (χ2v) is 14.0. The summed E-state index contributed by atoms with van der Waals surface area (Å²) in [7, 11) is 0. The second-order valence-electron chi connectivity index (χ2n) is 13.6. The molecule has 0 bridgehead atoms. The molecule has 3 N–H and O–H groups in total. The molecule has 4 aromatic rings. The third kappa shape index (κ3) is 8.35. The first-order valence-corrected chi connectivity index (χ1v) is 17.4. The number of piperidine rings is 1. The number of imide groups is 1. The Morgan fingerprint density at radius 1 is 1.04 bits per heavy atom. The number of rotatable bonds is 13. The summed E-state index contributed by atoms with van der Waals surface area (Å²) < 4.78 is 0. The lowest BCUT2D eigenvalue weighted by molar-refractivity contribution is -0.128. The predicted octanol–water partition coefficient (Wildman–Crippen LogP) is 7.08. The third-order valence-corrected chi connectivity index (χ3v) is 10.3. The quantitative estimate of drug-likeness (QED) is 0.103. The van der Waals surface area contributed by atoms with Crippen molar-refractivity contribution in [3.05, 3.63) is 119 Å². The van der Waals surface area contributed by atoms with Crippen LogP contribution in [0.4, 0.5) is 9.59 Å². The normalized spacial score (nSPS) is 18.7. The zero-order valence-electron chi connectivity index (χ0n) is 27.9. The molecular weight excluding hydrogens is 638 g/mol. The molecule has 6 rings (SSSR count). The maximum atomic E-state index is 13.7. The molecule has 3 aromatic carbocycles. The van der Waals surface area contributed by atoms with Crippen LogP contribution in [-0.2, 0) is 23.2 Å². The number of amides is 4. The topological polar surface area (TPSA) is 109 Å². The van der Waals surface area contributed by atoms with Gasteiger partial charge in [0.15, 0.2) is 0 Å². The van der Waals surface area contributed by atoms with Crippen LogP contribution in [0.3, 0.4) is 0 Å². The first kappa shape index (κ1) is 34.3. The van der Waals surface area contributed by atoms with E-state index in [-0.39, 0.29) is 18.5 Å². The van der Waals surface area contributed by atoms with Gasteiger partial charge in [0.25, 0.3) is 5.91 Å². The highest BCUT2D eigenvalue weighted by Crippen LogP contribution is 2.33. The molecule has 49 heavy (non-hydrogen) atoms. The van der Waals surface area contributed by atoms with Crippen LogP contribution >= 0.6 is 11.6 Å². The molecule has 0 saturated carbocycles. The number of likely N-dealkylation sites (tertiary alicyclic amines) is 1. The Labute approximate surface area is 292 Å². The molecule has 3 heterocycles. The summed E-state index contributed by atoms with van der Waals surface area (Å²) >= 11 is 6.44. The van der Waals surface area contributed by atoms with Gasteiger partial charge in [-0.3, -0.25) is 9.69 Å². The van der Waals surface area contributed by atoms with E-state index in [4.69, 9.17) is 11.6 Å². The number of urea groups is 1. The number of carbonyl (C=O) groups excluding carboxylic acids is 2. The Kier molecular flexibility index (Phi) is 10.7. The number of carbonyl (C=O) groups is 3. The number of aromatic amines is 1. The molecule has 0 aliphatic carbocycles. The summed E-state index contributed by atoms with van der Waals surface area (Å²) in [5.41, 5.74) is 3.46. The summed E-state index contributed by atoms with van der Waals surface area (Å²) in [6.45, 7) is 5.74. The molecule has 0 radical (unpaired) electrons. The molecule has 2 aliphatic heterocycles. The number of fused-ring (bicyclic) bond motifs is 1. The average molecular weight is 682 g/mol. The van der Waals surface area contributed by atoms with Crippen LogP contribution < -0.4 is 5.32 Å². The van der Waals surface area contributed by atoms with Gasteiger partial charge >= 0.3 is 12.1 Å². The Morgan fingerprint density at radius 3 is 2.55 bits per heavy atom. The molecule has 1 unspecified atom stereocenters. The highest BCUT2D eigenvalue weighted by Gasteiger charge is 2.42. The number of allylic oxidation sites excluding steroid dienone is 1. The maximum absolute atomic E-state index is 13.7. The lowest BCUT2D eigenvalue weighted by Gasteiger charge is -2.37. The number of H-pyrrole nitrogens is 1. The predicted molar refractivity (Wildman–Crippen MR) is 193 cm³/mol. The number of hydrogen-bond donors (Lipinski definition) is 3. The lowest BCUT2D eigenvalue weighted by atomic mass is 9.78. The van der Waals surface area contributed by atoms with Crippen LogP contribution in [0.15, 0.2) is 97.2 Å². The number of benzene rings is 3. The van der Waals surface area contributed by atoms with Crippen molar-refractivity contribution in [1.29, 1.82) is 0 Å². The van der Waals surface area contributed by atoms with Crippen molar-refractivity contribution in [1.82, 2.24) is 25.0 Å². The summed E-state index contributed by atoms with van der Waals surface area (Å²) in [5.74, 6) is 0.185. The largest absolute Gasteiger partial charge is 0.465 e. The van der Waals surface area contributed by atoms with E-state index in [1.165, 1.54) is 9.80 Å². The standard InChI is InChI=1S/C39H44ClN5O4/c1-39(31-12-7-13-32(40)24-31,27-45-36(46)35(42-37(45)47)23-30-25-41-34-15-6-5-14-33(30)34)18-22-43-20-16-28(17-21-43)11-8-19-44(38(48)49)26-29-9-3-2-4-10-29/h2-15,24-25,28,35,41H,16-23,26-27H2,1H3,(H,42,47)(H,48,49)/t35-,39?/m1/s1. The molecule has 256 valence electrons. The van der Waals surface area contributed by atoms with E-state index < -0.39 is 17.6 Å². The first-order valence-electron chi connectivity index (χ1n) is 17.0. The van der Waals surface area contributed by atoms with Crippen molar-refractivity contribution >= 4 is 40.5 Å². The Morgan fingerprint density at radius 2 is 1.80 bits per heavy atom. The van der Waals surface area contributed by atoms with E-state index in [2.05, 4.69) is 28.2 Å². The van der Waals surface area contributed by atoms with Gasteiger partial charge in [0, 0.05) is 53.6 Å². The Balaban J connectivity index is 1.06. The van der Waals surface area contributed by atoms with Crippen LogP contribution in [0.5, 0.6) is 0 Å². The smallest absolute Gasteiger partial charge is 0.407 e. The molecule has 9 nitrogen and oxygen atoms in total. The van der Waals surface area contributed by atoms with E-state index >= 15 is 0 Å². The molecular formula is C39H44ClN5O4. The fourth-order valence-corrected chi connectivity index (χ4v) is 7.27. The van der Waals surface area contributed by atoms with Crippen molar-refractivity contribution < 1.29 is 19.5 Å². The van der Waals surface area contributed by atoms with Crippen molar-refractivity contribution in [2.24, 2.45) is 5.92 Å². The Hall–Kier alpha value is -4.60. The molecule has 2 atom stereocenters. The van der Waals surface area contributed by atoms with E-state index in [1.54, 1.807) is 0 Å². The van der Waals surface area contributed by atoms with Gasteiger partial charge < -0.3 is 25.2 Å². The number of hydrogen-bond acceptors (Lipinski definition) is 4. The zero-order chi connectivity index (χ0) is 34.4. The van der Waals surface area contributed by atoms with Crippen molar-refractivity contribution in [3.8, 4) is 0 Å². The highest BCUT2D eigenvalue weighted by atomic mass is 35.5. The van der Waals surface area contributed by atoms with Crippen molar-refractivity contribution in [2.75, 3.05) is 32.7 Å². The molecule has 2 saturated heterocycles. The van der Waals surface area contributed by atoms with E-state index in [0.717, 1.165) is 66.5 Å². The van der Waals surface area contributed by atoms with Gasteiger partial charge in [0.1, 0.15) is 6.04 Å². The molecule has 4 amide bonds. The average Bonchev–Trinajstić information content (AvgIpc) is 3.63. The van der Waals surface area contributed by atoms with E-state index in [9.17, 15) is 19.5 Å². The van der Waals surface area contributed by atoms with Crippen molar-refractivity contribution in [2.45, 2.75) is 50.6 Å². The van der Waals surface area contributed by atoms with E-state index in [1.807, 2.05) is 91.1 Å². The molecule has 0 spiro atoms. The van der Waals surface area contributed by atoms with Crippen LogP contribution in [-0.4, -0.2) is 81.6 Å². The van der Waals surface area contributed by atoms with Gasteiger partial charge in [0.2, 0.25) is 0 Å². The van der Waals surface area contributed by atoms with Gasteiger partial charge in [-0.25, -0.2) is 9.59 Å². The summed E-state index contributed by atoms with van der Waals surface area (Å²) in [5, 5.41) is 14.3. The SMILES string of the molecule is CC(CCN1CCC(C=CCN(Cc2ccccc2)C(=O)O)CC1)(CN1C(=O)N[C@H](Cc2c[nH]c3ccccc23)C1=O)c1cccc(Cl)c1. The van der Waals surface area contributed by atoms with Gasteiger partial charge in [-0.1, -0.05) is 91.3 Å². The van der Waals surface area contributed by atoms with E-state index in [0.29, 0.717) is 30.5 Å². The Bertz CT molecular complexity index is 1800. The van der Waals surface area contributed by atoms with Gasteiger partial charge in [-0.15, -0.1) is 0 Å². The lowest BCUT2D eigenvalue weighted by Crippen LogP contribution is -2.45. The van der Waals surface area contributed by atoms with Crippen LogP contribution in [0.25, 0.3) is 10.9 Å². The summed E-state index contributed by atoms with van der Waals surface area (Å²) in [6, 6.07) is 24.4. The minimum atomic E-state index is -0.927. The molecule has 1 aromatic heterocycles. The molecule has 2 aliphatic rings. The first-order chi connectivity index (χ1) is 23.7. The number of nitrogens with one attached hydrogen (secondary N) is 2. The van der Waals surface area contributed by atoms with Crippen LogP contribution in [0.2, 0.25) is 5.02 Å². The minimum absolute atomic E-state index is 0.207. The number of aromatic nitrogens is 1. The number of para-hydroxylation sites is 1. The van der Waals surface area contributed by atoms with Crippen LogP contribution in [0, 0.1) is 5.92 Å². The number of nitrogens with zero attached hydrogens (tertiary/aromatic N) is 3. The summed E-state index contributed by atoms with van der Waals surface area (Å²) in [6.07, 6.45) is 8.27. The maximum Gasteiger partial charge on any atom is 0.407 e. The second kappa shape index (κ2) is 15.3. The number of carboxylic acid groups (broad SMARTS) is 1. The number of halogens is 1. The zero-order valence-corrected chi connectivity index (χ0v) is 28.6. The fraction of sp³-hybridized carbons (Fsp3) is 0.359. The molecule has 2 fully saturated rings. The van der Waals surface area contributed by atoms with Gasteiger partial charge in [-0.2, -0.15) is 0 Å². The highest BCUT2D eigenvalue weighted by molar-refractivity contribution is 6.30. The van der Waals surface area contributed by atoms with Crippen molar-refractivity contribution in [3.63, 3.8) is 0 Å².